The van der Waals surface area contributed by atoms with Crippen molar-refractivity contribution in [3.05, 3.63) is 42.5 Å². The van der Waals surface area contributed by atoms with Crippen molar-refractivity contribution in [3.8, 4) is 0 Å². The zero-order valence-corrected chi connectivity index (χ0v) is 13.4. The second-order valence-electron chi connectivity index (χ2n) is 5.38. The molecule has 0 saturated heterocycles. The minimum Gasteiger partial charge on any atom is -0.480 e. The highest BCUT2D eigenvalue weighted by atomic mass is 16.6. The fourth-order valence-corrected chi connectivity index (χ4v) is 2.30. The molecule has 0 saturated carbocycles. The third kappa shape index (κ3) is 4.00. The number of hydrogen-bond acceptors (Lipinski definition) is 3. The summed E-state index contributed by atoms with van der Waals surface area (Å²) in [5, 5.41) is 11.3. The molecule has 2 rings (SSSR count). The highest BCUT2D eigenvalue weighted by Gasteiger charge is 2.28. The summed E-state index contributed by atoms with van der Waals surface area (Å²) in [6.07, 6.45) is 1.01. The fraction of sp³-hybridized carbons (Fsp3) is 0.333. The minimum absolute atomic E-state index is 0.283. The van der Waals surface area contributed by atoms with E-state index in [2.05, 4.69) is 0 Å². The average molecular weight is 315 g/mol. The van der Waals surface area contributed by atoms with E-state index in [1.54, 1.807) is 12.1 Å². The lowest BCUT2D eigenvalue weighted by atomic mass is 10.1. The normalized spacial score (nSPS) is 11.9. The molecule has 5 heteroatoms. The molecule has 0 aliphatic carbocycles. The van der Waals surface area contributed by atoms with Crippen LogP contribution < -0.4 is 4.90 Å². The second kappa shape index (κ2) is 7.63. The number of carbonyl (C=O) groups excluding carboxylic acids is 1. The Morgan fingerprint density at radius 3 is 2.52 bits per heavy atom. The van der Waals surface area contributed by atoms with Gasteiger partial charge >= 0.3 is 12.1 Å². The largest absolute Gasteiger partial charge is 0.480 e. The Bertz CT molecular complexity index is 698. The van der Waals surface area contributed by atoms with E-state index >= 15 is 0 Å². The highest BCUT2D eigenvalue weighted by Crippen LogP contribution is 2.24. The van der Waals surface area contributed by atoms with Crippen molar-refractivity contribution in [1.82, 2.24) is 0 Å². The Kier molecular flexibility index (Phi) is 5.57. The lowest BCUT2D eigenvalue weighted by molar-refractivity contribution is -0.138. The van der Waals surface area contributed by atoms with Crippen LogP contribution >= 0.6 is 0 Å². The van der Waals surface area contributed by atoms with Gasteiger partial charge in [0.2, 0.25) is 0 Å². The maximum Gasteiger partial charge on any atom is 0.415 e. The first-order valence-corrected chi connectivity index (χ1v) is 7.72. The van der Waals surface area contributed by atoms with Crippen molar-refractivity contribution in [1.29, 1.82) is 0 Å². The van der Waals surface area contributed by atoms with Crippen LogP contribution in [0.1, 0.15) is 26.7 Å². The third-order valence-electron chi connectivity index (χ3n) is 3.68. The number of unbranched alkanes of at least 4 members (excludes halogenated alkanes) is 1. The monoisotopic (exact) mass is 315 g/mol. The number of amides is 1. The van der Waals surface area contributed by atoms with Crippen LogP contribution in [-0.2, 0) is 9.53 Å². The number of nitrogens with zero attached hydrogens (tertiary/aromatic N) is 1. The van der Waals surface area contributed by atoms with Gasteiger partial charge in [-0.05, 0) is 36.2 Å². The summed E-state index contributed by atoms with van der Waals surface area (Å²) < 4.78 is 5.21. The van der Waals surface area contributed by atoms with Crippen molar-refractivity contribution >= 4 is 28.5 Å². The number of benzene rings is 2. The van der Waals surface area contributed by atoms with E-state index in [1.165, 1.54) is 11.8 Å². The molecular weight excluding hydrogens is 294 g/mol. The van der Waals surface area contributed by atoms with Crippen LogP contribution in [0.4, 0.5) is 10.5 Å². The summed E-state index contributed by atoms with van der Waals surface area (Å²) in [5.41, 5.74) is 0.514. The highest BCUT2D eigenvalue weighted by molar-refractivity contribution is 5.97. The predicted octanol–water partition coefficient (Wildman–Crippen LogP) is 4.06. The molecule has 5 nitrogen and oxygen atoms in total. The Hall–Kier alpha value is -2.56. The number of carboxylic acid groups (broad SMARTS) is 1. The first-order valence-electron chi connectivity index (χ1n) is 7.72. The first kappa shape index (κ1) is 16.8. The molecule has 1 amide bonds. The van der Waals surface area contributed by atoms with Crippen LogP contribution in [0.2, 0.25) is 0 Å². The van der Waals surface area contributed by atoms with Crippen molar-refractivity contribution < 1.29 is 19.4 Å². The van der Waals surface area contributed by atoms with Gasteiger partial charge < -0.3 is 9.84 Å². The quantitative estimate of drug-likeness (QED) is 0.816. The van der Waals surface area contributed by atoms with Gasteiger partial charge in [-0.25, -0.2) is 9.59 Å². The van der Waals surface area contributed by atoms with Gasteiger partial charge in [0.05, 0.1) is 6.61 Å². The van der Waals surface area contributed by atoms with Crippen LogP contribution in [0.25, 0.3) is 10.8 Å². The van der Waals surface area contributed by atoms with E-state index in [9.17, 15) is 14.7 Å². The zero-order valence-electron chi connectivity index (χ0n) is 13.4. The summed E-state index contributed by atoms with van der Waals surface area (Å²) in [5.74, 6) is -1.08. The molecule has 0 spiro atoms. The van der Waals surface area contributed by atoms with Gasteiger partial charge in [-0.1, -0.05) is 43.7 Å². The van der Waals surface area contributed by atoms with Crippen LogP contribution in [0.3, 0.4) is 0 Å². The first-order chi connectivity index (χ1) is 11.0. The van der Waals surface area contributed by atoms with Gasteiger partial charge in [-0.3, -0.25) is 4.90 Å². The Balaban J connectivity index is 2.34. The van der Waals surface area contributed by atoms with Crippen LogP contribution in [0.15, 0.2) is 42.5 Å². The average Bonchev–Trinajstić information content (AvgIpc) is 2.55. The van der Waals surface area contributed by atoms with Gasteiger partial charge in [0.15, 0.2) is 0 Å². The smallest absolute Gasteiger partial charge is 0.415 e. The van der Waals surface area contributed by atoms with Crippen LogP contribution in [0, 0.1) is 0 Å². The number of hydrogen-bond donors (Lipinski definition) is 1. The van der Waals surface area contributed by atoms with E-state index in [1.807, 2.05) is 37.3 Å². The zero-order chi connectivity index (χ0) is 16.8. The number of carbonyl (C=O) groups is 2. The Morgan fingerprint density at radius 1 is 1.17 bits per heavy atom. The molecule has 23 heavy (non-hydrogen) atoms. The number of anilines is 1. The molecule has 2 aromatic rings. The molecule has 0 fully saturated rings. The van der Waals surface area contributed by atoms with Gasteiger partial charge in [0.1, 0.15) is 6.04 Å². The molecule has 1 unspecified atom stereocenters. The van der Waals surface area contributed by atoms with E-state index in [0.717, 1.165) is 23.6 Å². The topological polar surface area (TPSA) is 66.8 Å². The molecule has 2 aromatic carbocycles. The molecule has 0 bridgehead atoms. The maximum absolute atomic E-state index is 12.3. The Labute approximate surface area is 135 Å². The number of fused-ring (bicyclic) bond motifs is 1. The van der Waals surface area contributed by atoms with Gasteiger partial charge in [-0.2, -0.15) is 0 Å². The number of carboxylic acids is 1. The third-order valence-corrected chi connectivity index (χ3v) is 3.68. The molecule has 0 aliphatic rings. The molecule has 0 heterocycles. The van der Waals surface area contributed by atoms with Gasteiger partial charge in [0, 0.05) is 5.69 Å². The summed E-state index contributed by atoms with van der Waals surface area (Å²) in [4.78, 5) is 24.9. The lowest BCUT2D eigenvalue weighted by Crippen LogP contribution is -2.44. The molecule has 1 atom stereocenters. The molecule has 1 N–H and O–H groups in total. The summed E-state index contributed by atoms with van der Waals surface area (Å²) >= 11 is 0. The molecule has 122 valence electrons. The standard InChI is InChI=1S/C18H21NO4/c1-3-4-11-23-18(22)19(13(2)17(20)21)16-10-9-14-7-5-6-8-15(14)12-16/h5-10,12-13H,3-4,11H2,1-2H3,(H,20,21). The van der Waals surface area contributed by atoms with E-state index < -0.39 is 18.1 Å². The second-order valence-corrected chi connectivity index (χ2v) is 5.38. The summed E-state index contributed by atoms with van der Waals surface area (Å²) in [6.45, 7) is 3.75. The lowest BCUT2D eigenvalue weighted by Gasteiger charge is -2.26. The minimum atomic E-state index is -1.08. The molecular formula is C18H21NO4. The van der Waals surface area contributed by atoms with Gasteiger partial charge in [-0.15, -0.1) is 0 Å². The predicted molar refractivity (Wildman–Crippen MR) is 89.8 cm³/mol. The van der Waals surface area contributed by atoms with Crippen molar-refractivity contribution in [3.63, 3.8) is 0 Å². The number of aliphatic carboxylic acids is 1. The van der Waals surface area contributed by atoms with E-state index in [-0.39, 0.29) is 6.61 Å². The van der Waals surface area contributed by atoms with E-state index in [0.29, 0.717) is 5.69 Å². The van der Waals surface area contributed by atoms with Crippen molar-refractivity contribution in [2.45, 2.75) is 32.7 Å². The SMILES string of the molecule is CCCCOC(=O)N(c1ccc2ccccc2c1)C(C)C(=O)O. The molecule has 0 aliphatic heterocycles. The van der Waals surface area contributed by atoms with Crippen LogP contribution in [0.5, 0.6) is 0 Å². The summed E-state index contributed by atoms with van der Waals surface area (Å²) in [6, 6.07) is 12.1. The van der Waals surface area contributed by atoms with Crippen molar-refractivity contribution in [2.75, 3.05) is 11.5 Å². The number of ether oxygens (including phenoxy) is 1. The number of rotatable bonds is 6. The van der Waals surface area contributed by atoms with Gasteiger partial charge in [0.25, 0.3) is 0 Å². The fourth-order valence-electron chi connectivity index (χ4n) is 2.30. The van der Waals surface area contributed by atoms with E-state index in [4.69, 9.17) is 4.74 Å². The maximum atomic E-state index is 12.3. The Morgan fingerprint density at radius 2 is 1.87 bits per heavy atom. The summed E-state index contributed by atoms with van der Waals surface area (Å²) in [7, 11) is 0. The molecule has 0 aromatic heterocycles. The van der Waals surface area contributed by atoms with Crippen molar-refractivity contribution in [2.24, 2.45) is 0 Å². The van der Waals surface area contributed by atoms with Crippen LogP contribution in [-0.4, -0.2) is 29.8 Å². The molecule has 0 radical (unpaired) electrons.